The molecule has 2 saturated heterocycles. The monoisotopic (exact) mass is 466 g/mol. The van der Waals surface area contributed by atoms with Gasteiger partial charge in [-0.05, 0) is 55.2 Å². The highest BCUT2D eigenvalue weighted by Crippen LogP contribution is 2.35. The Bertz CT molecular complexity index is 1040. The number of carbonyl (C=O) groups excluding carboxylic acids is 2. The van der Waals surface area contributed by atoms with Gasteiger partial charge in [0, 0.05) is 43.2 Å². The van der Waals surface area contributed by atoms with E-state index in [1.807, 2.05) is 43.3 Å². The maximum atomic E-state index is 12.4. The summed E-state index contributed by atoms with van der Waals surface area (Å²) in [6, 6.07) is 13.6. The molecule has 2 aromatic carbocycles. The molecule has 3 aliphatic heterocycles. The molecule has 1 N–H and O–H groups in total. The van der Waals surface area contributed by atoms with E-state index in [4.69, 9.17) is 14.2 Å². The van der Waals surface area contributed by atoms with Crippen LogP contribution in [-0.2, 0) is 16.1 Å². The molecular weight excluding hydrogens is 436 g/mol. The Kier molecular flexibility index (Phi) is 6.43. The predicted molar refractivity (Wildman–Crippen MR) is 124 cm³/mol. The third kappa shape index (κ3) is 4.60. The lowest BCUT2D eigenvalue weighted by molar-refractivity contribution is -0.148. The number of likely N-dealkylation sites (tertiary alicyclic amines) is 2. The summed E-state index contributed by atoms with van der Waals surface area (Å²) in [6.07, 6.45) is 0.672. The molecule has 1 unspecified atom stereocenters. The maximum Gasteiger partial charge on any atom is 0.409 e. The first kappa shape index (κ1) is 22.7. The molecule has 1 atom stereocenters. The van der Waals surface area contributed by atoms with Gasteiger partial charge in [0.25, 0.3) is 5.91 Å². The van der Waals surface area contributed by atoms with Crippen LogP contribution in [-0.4, -0.2) is 72.1 Å². The molecule has 3 aliphatic rings. The van der Waals surface area contributed by atoms with Crippen LogP contribution in [0.25, 0.3) is 11.1 Å². The molecule has 0 spiro atoms. The van der Waals surface area contributed by atoms with Crippen LogP contribution in [0.1, 0.15) is 35.7 Å². The highest BCUT2D eigenvalue weighted by molar-refractivity contribution is 5.95. The largest absolute Gasteiger partial charge is 0.464 e. The second-order valence-corrected chi connectivity index (χ2v) is 9.08. The Hall–Kier alpha value is -3.10. The van der Waals surface area contributed by atoms with Crippen LogP contribution < -0.4 is 4.74 Å². The van der Waals surface area contributed by atoms with Gasteiger partial charge >= 0.3 is 6.09 Å². The highest BCUT2D eigenvalue weighted by Gasteiger charge is 2.33. The number of fused-ring (bicyclic) bond motifs is 1. The molecule has 0 saturated carbocycles. The Labute approximate surface area is 199 Å². The number of benzene rings is 2. The van der Waals surface area contributed by atoms with Gasteiger partial charge in [0.1, 0.15) is 5.75 Å². The van der Waals surface area contributed by atoms with Crippen molar-refractivity contribution in [1.29, 1.82) is 0 Å². The Morgan fingerprint density at radius 1 is 1.03 bits per heavy atom. The van der Waals surface area contributed by atoms with Crippen molar-refractivity contribution in [3.05, 3.63) is 53.6 Å². The Morgan fingerprint density at radius 3 is 2.41 bits per heavy atom. The van der Waals surface area contributed by atoms with E-state index in [0.29, 0.717) is 45.0 Å². The second kappa shape index (κ2) is 9.64. The van der Waals surface area contributed by atoms with Gasteiger partial charge < -0.3 is 29.1 Å². The summed E-state index contributed by atoms with van der Waals surface area (Å²) in [4.78, 5) is 27.7. The summed E-state index contributed by atoms with van der Waals surface area (Å²) >= 11 is 0. The smallest absolute Gasteiger partial charge is 0.409 e. The number of rotatable bonds is 4. The molecule has 0 aromatic heterocycles. The zero-order valence-corrected chi connectivity index (χ0v) is 19.3. The molecule has 5 rings (SSSR count). The van der Waals surface area contributed by atoms with Crippen molar-refractivity contribution >= 4 is 12.0 Å². The standard InChI is InChI=1S/C26H30N2O6/c1-2-32-26(31)27-11-9-19(10-12-27)25-33-16-21-13-20(7-8-23(21)34-25)17-3-5-18(6-4-17)24(30)28-14-22(29)15-28/h3-8,13,19,22,25,29H,2,9-12,14-16H2,1H3. The zero-order chi connectivity index (χ0) is 23.7. The van der Waals surface area contributed by atoms with Crippen LogP contribution in [0.4, 0.5) is 4.79 Å². The van der Waals surface area contributed by atoms with Crippen molar-refractivity contribution in [2.45, 2.75) is 38.8 Å². The third-order valence-electron chi connectivity index (χ3n) is 6.77. The lowest BCUT2D eigenvalue weighted by atomic mass is 9.95. The topological polar surface area (TPSA) is 88.5 Å². The second-order valence-electron chi connectivity index (χ2n) is 9.08. The molecule has 34 heavy (non-hydrogen) atoms. The van der Waals surface area contributed by atoms with Gasteiger partial charge in [0.2, 0.25) is 6.29 Å². The van der Waals surface area contributed by atoms with E-state index < -0.39 is 6.10 Å². The van der Waals surface area contributed by atoms with E-state index in [-0.39, 0.29) is 24.2 Å². The first-order valence-corrected chi connectivity index (χ1v) is 11.9. The lowest BCUT2D eigenvalue weighted by Gasteiger charge is -2.37. The number of β-amino-alcohol motifs (C(OH)–C–C–N with tert-alkyl or cyclic N) is 1. The van der Waals surface area contributed by atoms with Crippen molar-refractivity contribution in [2.75, 3.05) is 32.8 Å². The van der Waals surface area contributed by atoms with Crippen LogP contribution in [0, 0.1) is 5.92 Å². The van der Waals surface area contributed by atoms with Crippen molar-refractivity contribution in [3.63, 3.8) is 0 Å². The number of hydrogen-bond donors (Lipinski definition) is 1. The average Bonchev–Trinajstić information content (AvgIpc) is 2.86. The number of piperidine rings is 1. The first-order chi connectivity index (χ1) is 16.5. The van der Waals surface area contributed by atoms with Gasteiger partial charge in [-0.1, -0.05) is 18.2 Å². The zero-order valence-electron chi connectivity index (χ0n) is 19.3. The van der Waals surface area contributed by atoms with E-state index in [9.17, 15) is 14.7 Å². The molecule has 2 fully saturated rings. The maximum absolute atomic E-state index is 12.4. The number of amides is 2. The summed E-state index contributed by atoms with van der Waals surface area (Å²) in [5.74, 6) is 1.01. The Balaban J connectivity index is 1.20. The first-order valence-electron chi connectivity index (χ1n) is 11.9. The van der Waals surface area contributed by atoms with Crippen molar-refractivity contribution in [1.82, 2.24) is 9.80 Å². The lowest BCUT2D eigenvalue weighted by Crippen LogP contribution is -2.53. The molecule has 8 nitrogen and oxygen atoms in total. The third-order valence-corrected chi connectivity index (χ3v) is 6.77. The van der Waals surface area contributed by atoms with Crippen LogP contribution in [0.5, 0.6) is 5.75 Å². The molecule has 0 radical (unpaired) electrons. The number of ether oxygens (including phenoxy) is 3. The summed E-state index contributed by atoms with van der Waals surface area (Å²) in [7, 11) is 0. The summed E-state index contributed by atoms with van der Waals surface area (Å²) in [5, 5.41) is 9.41. The van der Waals surface area contributed by atoms with E-state index in [2.05, 4.69) is 6.07 Å². The van der Waals surface area contributed by atoms with E-state index in [1.165, 1.54) is 0 Å². The van der Waals surface area contributed by atoms with Crippen LogP contribution >= 0.6 is 0 Å². The molecule has 2 aromatic rings. The number of nitrogens with zero attached hydrogens (tertiary/aromatic N) is 2. The van der Waals surface area contributed by atoms with Crippen molar-refractivity contribution in [3.8, 4) is 16.9 Å². The quantitative estimate of drug-likeness (QED) is 0.744. The number of hydrogen-bond acceptors (Lipinski definition) is 6. The van der Waals surface area contributed by atoms with Crippen LogP contribution in [0.2, 0.25) is 0 Å². The van der Waals surface area contributed by atoms with Gasteiger partial charge in [-0.15, -0.1) is 0 Å². The summed E-state index contributed by atoms with van der Waals surface area (Å²) in [5.41, 5.74) is 3.66. The molecule has 0 aliphatic carbocycles. The number of aliphatic hydroxyl groups excluding tert-OH is 1. The SMILES string of the molecule is CCOC(=O)N1CCC(C2OCc3cc(-c4ccc(C(=O)N5CC(O)C5)cc4)ccc3O2)CC1. The van der Waals surface area contributed by atoms with Crippen molar-refractivity contribution in [2.24, 2.45) is 5.92 Å². The Morgan fingerprint density at radius 2 is 1.74 bits per heavy atom. The minimum atomic E-state index is -0.403. The average molecular weight is 467 g/mol. The van der Waals surface area contributed by atoms with E-state index >= 15 is 0 Å². The van der Waals surface area contributed by atoms with Gasteiger partial charge in [0.15, 0.2) is 0 Å². The van der Waals surface area contributed by atoms with Crippen LogP contribution in [0.3, 0.4) is 0 Å². The van der Waals surface area contributed by atoms with Gasteiger partial charge in [-0.3, -0.25) is 4.79 Å². The van der Waals surface area contributed by atoms with Gasteiger partial charge in [-0.25, -0.2) is 4.79 Å². The fraction of sp³-hybridized carbons (Fsp3) is 0.462. The number of carbonyl (C=O) groups is 2. The minimum Gasteiger partial charge on any atom is -0.464 e. The van der Waals surface area contributed by atoms with Gasteiger partial charge in [0.05, 0.1) is 19.3 Å². The molecule has 8 heteroatoms. The molecule has 3 heterocycles. The summed E-state index contributed by atoms with van der Waals surface area (Å²) < 4.78 is 17.3. The fourth-order valence-electron chi connectivity index (χ4n) is 4.73. The minimum absolute atomic E-state index is 0.0526. The molecule has 2 amide bonds. The predicted octanol–water partition coefficient (Wildman–Crippen LogP) is 3.27. The number of aliphatic hydroxyl groups is 1. The normalized spacial score (nSPS) is 20.8. The summed E-state index contributed by atoms with van der Waals surface area (Å²) in [6.45, 7) is 4.77. The highest BCUT2D eigenvalue weighted by atomic mass is 16.7. The van der Waals surface area contributed by atoms with E-state index in [0.717, 1.165) is 35.3 Å². The van der Waals surface area contributed by atoms with Gasteiger partial charge in [-0.2, -0.15) is 0 Å². The fourth-order valence-corrected chi connectivity index (χ4v) is 4.73. The molecule has 0 bridgehead atoms. The molecule has 180 valence electrons. The van der Waals surface area contributed by atoms with E-state index in [1.54, 1.807) is 9.80 Å². The van der Waals surface area contributed by atoms with Crippen molar-refractivity contribution < 1.29 is 28.9 Å². The van der Waals surface area contributed by atoms with Crippen LogP contribution in [0.15, 0.2) is 42.5 Å². The molecular formula is C26H30N2O6.